The summed E-state index contributed by atoms with van der Waals surface area (Å²) in [5.41, 5.74) is 1.55. The fourth-order valence-electron chi connectivity index (χ4n) is 4.85. The number of sulfonamides is 1. The second kappa shape index (κ2) is 9.49. The summed E-state index contributed by atoms with van der Waals surface area (Å²) in [6.45, 7) is 2.78. The average molecular weight is 462 g/mol. The van der Waals surface area contributed by atoms with E-state index < -0.39 is 10.0 Å². The Bertz CT molecular complexity index is 1070. The van der Waals surface area contributed by atoms with Crippen LogP contribution in [0.1, 0.15) is 44.3 Å². The van der Waals surface area contributed by atoms with E-state index in [1.807, 2.05) is 22.6 Å². The van der Waals surface area contributed by atoms with Gasteiger partial charge in [-0.25, -0.2) is 13.4 Å². The molecule has 9 heteroatoms. The standard InChI is InChI=1S/C23H35N5O3S/c1-25(2)18-8-7-13-27(17-18)23(29)12-11-22-24-20-16-19(9-10-21(20)26(22)3)32(30,31)28-14-5-4-6-15-28/h9-10,16,18H,4-8,11-15,17H2,1-3H3. The van der Waals surface area contributed by atoms with Crippen LogP contribution in [0.15, 0.2) is 23.1 Å². The molecular formula is C23H35N5O3S. The van der Waals surface area contributed by atoms with Gasteiger partial charge in [0.1, 0.15) is 5.82 Å². The summed E-state index contributed by atoms with van der Waals surface area (Å²) in [6.07, 6.45) is 6.03. The molecule has 32 heavy (non-hydrogen) atoms. The predicted molar refractivity (Wildman–Crippen MR) is 125 cm³/mol. The molecular weight excluding hydrogens is 426 g/mol. The van der Waals surface area contributed by atoms with E-state index in [1.54, 1.807) is 16.4 Å². The van der Waals surface area contributed by atoms with Gasteiger partial charge in [0.25, 0.3) is 0 Å². The van der Waals surface area contributed by atoms with Gasteiger partial charge in [-0.3, -0.25) is 4.79 Å². The van der Waals surface area contributed by atoms with Crippen LogP contribution in [0.2, 0.25) is 0 Å². The minimum Gasteiger partial charge on any atom is -0.341 e. The number of piperidine rings is 2. The maximum Gasteiger partial charge on any atom is 0.243 e. The van der Waals surface area contributed by atoms with E-state index in [4.69, 9.17) is 4.98 Å². The molecule has 0 aliphatic carbocycles. The summed E-state index contributed by atoms with van der Waals surface area (Å²) in [4.78, 5) is 22.0. The van der Waals surface area contributed by atoms with Crippen LogP contribution in [0.4, 0.5) is 0 Å². The normalized spacial score (nSPS) is 20.9. The van der Waals surface area contributed by atoms with Gasteiger partial charge >= 0.3 is 0 Å². The van der Waals surface area contributed by atoms with Gasteiger partial charge in [0.2, 0.25) is 15.9 Å². The highest BCUT2D eigenvalue weighted by Gasteiger charge is 2.27. The van der Waals surface area contributed by atoms with Gasteiger partial charge in [-0.15, -0.1) is 0 Å². The molecule has 2 aromatic rings. The zero-order chi connectivity index (χ0) is 22.9. The molecule has 0 saturated carbocycles. The second-order valence-electron chi connectivity index (χ2n) is 9.30. The van der Waals surface area contributed by atoms with E-state index >= 15 is 0 Å². The first-order valence-electron chi connectivity index (χ1n) is 11.7. The van der Waals surface area contributed by atoms with Crippen LogP contribution in [-0.4, -0.2) is 84.3 Å². The highest BCUT2D eigenvalue weighted by atomic mass is 32.2. The summed E-state index contributed by atoms with van der Waals surface area (Å²) in [7, 11) is 2.57. The number of aryl methyl sites for hydroxylation is 2. The Labute approximate surface area is 191 Å². The maximum absolute atomic E-state index is 13.0. The molecule has 1 aromatic carbocycles. The molecule has 0 radical (unpaired) electrons. The van der Waals surface area contributed by atoms with Gasteiger partial charge in [0, 0.05) is 52.1 Å². The van der Waals surface area contributed by atoms with Crippen LogP contribution in [0, 0.1) is 0 Å². The smallest absolute Gasteiger partial charge is 0.243 e. The summed E-state index contributed by atoms with van der Waals surface area (Å²) in [5.74, 6) is 0.971. The Kier molecular flexibility index (Phi) is 6.88. The number of likely N-dealkylation sites (N-methyl/N-ethyl adjacent to an activating group) is 1. The number of imidazole rings is 1. The van der Waals surface area contributed by atoms with E-state index in [2.05, 4.69) is 19.0 Å². The molecule has 1 atom stereocenters. The summed E-state index contributed by atoms with van der Waals surface area (Å²) < 4.78 is 29.6. The zero-order valence-electron chi connectivity index (χ0n) is 19.5. The lowest BCUT2D eigenvalue weighted by atomic mass is 10.0. The van der Waals surface area contributed by atoms with E-state index in [-0.39, 0.29) is 5.91 Å². The summed E-state index contributed by atoms with van der Waals surface area (Å²) in [6, 6.07) is 5.61. The van der Waals surface area contributed by atoms with Gasteiger partial charge in [-0.1, -0.05) is 6.42 Å². The first-order valence-corrected chi connectivity index (χ1v) is 13.1. The second-order valence-corrected chi connectivity index (χ2v) is 11.2. The molecule has 8 nitrogen and oxygen atoms in total. The molecule has 2 saturated heterocycles. The molecule has 1 unspecified atom stereocenters. The molecule has 0 N–H and O–H groups in total. The van der Waals surface area contributed by atoms with Crippen molar-refractivity contribution in [3.8, 4) is 0 Å². The van der Waals surface area contributed by atoms with Gasteiger partial charge in [-0.05, 0) is 58.0 Å². The number of hydrogen-bond acceptors (Lipinski definition) is 5. The van der Waals surface area contributed by atoms with Crippen LogP contribution in [-0.2, 0) is 28.3 Å². The van der Waals surface area contributed by atoms with Crippen molar-refractivity contribution < 1.29 is 13.2 Å². The van der Waals surface area contributed by atoms with Crippen molar-refractivity contribution in [1.29, 1.82) is 0 Å². The van der Waals surface area contributed by atoms with Crippen molar-refractivity contribution in [3.63, 3.8) is 0 Å². The van der Waals surface area contributed by atoms with Crippen molar-refractivity contribution in [3.05, 3.63) is 24.0 Å². The number of aromatic nitrogens is 2. The number of benzene rings is 1. The number of nitrogens with zero attached hydrogens (tertiary/aromatic N) is 5. The Morgan fingerprint density at radius 3 is 2.59 bits per heavy atom. The third kappa shape index (κ3) is 4.70. The van der Waals surface area contributed by atoms with E-state index in [1.165, 1.54) is 0 Å². The minimum atomic E-state index is -3.49. The van der Waals surface area contributed by atoms with Crippen molar-refractivity contribution >= 4 is 27.0 Å². The van der Waals surface area contributed by atoms with Gasteiger partial charge in [0.15, 0.2) is 0 Å². The lowest BCUT2D eigenvalue weighted by Gasteiger charge is -2.36. The minimum absolute atomic E-state index is 0.164. The molecule has 3 heterocycles. The quantitative estimate of drug-likeness (QED) is 0.659. The fraction of sp³-hybridized carbons (Fsp3) is 0.652. The topological polar surface area (TPSA) is 78.8 Å². The Morgan fingerprint density at radius 2 is 1.88 bits per heavy atom. The summed E-state index contributed by atoms with van der Waals surface area (Å²) in [5, 5.41) is 0. The Balaban J connectivity index is 1.47. The number of rotatable bonds is 6. The maximum atomic E-state index is 13.0. The third-order valence-corrected chi connectivity index (χ3v) is 8.83. The number of carbonyl (C=O) groups excluding carboxylic acids is 1. The molecule has 4 rings (SSSR count). The van der Waals surface area contributed by atoms with Crippen LogP contribution >= 0.6 is 0 Å². The number of carbonyl (C=O) groups is 1. The molecule has 0 spiro atoms. The number of likely N-dealkylation sites (tertiary alicyclic amines) is 1. The lowest BCUT2D eigenvalue weighted by Crippen LogP contribution is -2.47. The molecule has 1 aromatic heterocycles. The molecule has 0 bridgehead atoms. The van der Waals surface area contributed by atoms with Crippen LogP contribution < -0.4 is 0 Å². The Morgan fingerprint density at radius 1 is 1.12 bits per heavy atom. The van der Waals surface area contributed by atoms with Crippen molar-refractivity contribution in [2.75, 3.05) is 40.3 Å². The third-order valence-electron chi connectivity index (χ3n) is 6.94. The van der Waals surface area contributed by atoms with E-state index in [0.717, 1.165) is 56.5 Å². The number of amides is 1. The first-order chi connectivity index (χ1) is 15.3. The molecule has 2 aliphatic heterocycles. The van der Waals surface area contributed by atoms with Crippen molar-refractivity contribution in [1.82, 2.24) is 23.7 Å². The van der Waals surface area contributed by atoms with Gasteiger partial charge < -0.3 is 14.4 Å². The van der Waals surface area contributed by atoms with Crippen LogP contribution in [0.3, 0.4) is 0 Å². The zero-order valence-corrected chi connectivity index (χ0v) is 20.3. The molecule has 1 amide bonds. The highest BCUT2D eigenvalue weighted by molar-refractivity contribution is 7.89. The first kappa shape index (κ1) is 23.2. The molecule has 2 aliphatic rings. The van der Waals surface area contributed by atoms with E-state index in [9.17, 15) is 13.2 Å². The average Bonchev–Trinajstić information content (AvgIpc) is 3.13. The largest absolute Gasteiger partial charge is 0.341 e. The van der Waals surface area contributed by atoms with Gasteiger partial charge in [-0.2, -0.15) is 4.31 Å². The van der Waals surface area contributed by atoms with Crippen LogP contribution in [0.5, 0.6) is 0 Å². The number of fused-ring (bicyclic) bond motifs is 1. The predicted octanol–water partition coefficient (Wildman–Crippen LogP) is 2.23. The lowest BCUT2D eigenvalue weighted by molar-refractivity contribution is -0.133. The Hall–Kier alpha value is -1.97. The van der Waals surface area contributed by atoms with E-state index in [0.29, 0.717) is 42.4 Å². The van der Waals surface area contributed by atoms with Crippen molar-refractivity contribution in [2.24, 2.45) is 7.05 Å². The monoisotopic (exact) mass is 461 g/mol. The van der Waals surface area contributed by atoms with Crippen molar-refractivity contribution in [2.45, 2.75) is 55.9 Å². The van der Waals surface area contributed by atoms with Gasteiger partial charge in [0.05, 0.1) is 15.9 Å². The molecule has 176 valence electrons. The number of hydrogen-bond donors (Lipinski definition) is 0. The highest BCUT2D eigenvalue weighted by Crippen LogP contribution is 2.25. The summed E-state index contributed by atoms with van der Waals surface area (Å²) >= 11 is 0. The van der Waals surface area contributed by atoms with Crippen LogP contribution in [0.25, 0.3) is 11.0 Å². The molecule has 2 fully saturated rings. The fourth-order valence-corrected chi connectivity index (χ4v) is 6.39. The SMILES string of the molecule is CN(C)C1CCCN(C(=O)CCc2nc3cc(S(=O)(=O)N4CCCCC4)ccc3n2C)C1.